The number of nitrogens with zero attached hydrogens (tertiary/aromatic N) is 2. The first-order valence-electron chi connectivity index (χ1n) is 12.0. The Bertz CT molecular complexity index is 1420. The molecule has 1 aliphatic heterocycles. The molecule has 1 amide bonds. The van der Waals surface area contributed by atoms with E-state index in [0.717, 1.165) is 5.06 Å². The number of carbonyl (C=O) groups is 3. The Kier molecular flexibility index (Phi) is 7.53. The fraction of sp³-hybridized carbons (Fsp3) is 0.462. The maximum Gasteiger partial charge on any atom is 0.338 e. The molecule has 2 aromatic rings. The van der Waals surface area contributed by atoms with Crippen molar-refractivity contribution in [3.63, 3.8) is 0 Å². The molecule has 0 atom stereocenters. The largest absolute Gasteiger partial charge is 0.430 e. The summed E-state index contributed by atoms with van der Waals surface area (Å²) in [7, 11) is -4.09. The molecule has 0 unspecified atom stereocenters. The van der Waals surface area contributed by atoms with Crippen molar-refractivity contribution in [3.05, 3.63) is 41.0 Å². The molecule has 12 heteroatoms. The van der Waals surface area contributed by atoms with Crippen LogP contribution in [0.25, 0.3) is 5.57 Å². The van der Waals surface area contributed by atoms with Crippen molar-refractivity contribution in [2.24, 2.45) is 10.8 Å². The number of carbonyl (C=O) groups excluding carboxylic acids is 3. The van der Waals surface area contributed by atoms with E-state index >= 15 is 0 Å². The Balaban J connectivity index is 2.14. The highest BCUT2D eigenvalue weighted by molar-refractivity contribution is 7.92. The summed E-state index contributed by atoms with van der Waals surface area (Å²) in [6, 6.07) is 4.32. The fourth-order valence-corrected chi connectivity index (χ4v) is 4.89. The summed E-state index contributed by atoms with van der Waals surface area (Å²) < 4.78 is 39.1. The van der Waals surface area contributed by atoms with E-state index in [1.54, 1.807) is 48.5 Å². The van der Waals surface area contributed by atoms with Gasteiger partial charge in [-0.3, -0.25) is 14.3 Å². The van der Waals surface area contributed by atoms with Crippen LogP contribution in [0.4, 0.5) is 11.4 Å². The standard InChI is InChI=1S/C26H33N3O8S/c1-10-19(35-23(31)25(4,5)6)20-17-12-11-16(28-38(33,34)21-14(2)27-36-15(21)3)13-18(17)29(22(20)30)37-24(32)26(7,8)9/h11-13,28H,10H2,1-9H3/b20-19-. The number of hydrogen-bond donors (Lipinski definition) is 1. The fourth-order valence-electron chi connectivity index (χ4n) is 3.51. The Morgan fingerprint density at radius 2 is 1.66 bits per heavy atom. The number of aromatic nitrogens is 1. The molecule has 1 aliphatic rings. The van der Waals surface area contributed by atoms with Gasteiger partial charge in [0.15, 0.2) is 10.7 Å². The van der Waals surface area contributed by atoms with Crippen molar-refractivity contribution in [3.8, 4) is 0 Å². The van der Waals surface area contributed by atoms with Gasteiger partial charge in [-0.05, 0) is 73.6 Å². The number of allylic oxidation sites excluding steroid dienone is 1. The molecular weight excluding hydrogens is 514 g/mol. The zero-order chi connectivity index (χ0) is 28.8. The maximum absolute atomic E-state index is 13.6. The first-order valence-corrected chi connectivity index (χ1v) is 13.5. The van der Waals surface area contributed by atoms with Crippen LogP contribution in [-0.2, 0) is 34.0 Å². The van der Waals surface area contributed by atoms with E-state index in [4.69, 9.17) is 14.1 Å². The highest BCUT2D eigenvalue weighted by Crippen LogP contribution is 2.42. The Morgan fingerprint density at radius 1 is 1.05 bits per heavy atom. The summed E-state index contributed by atoms with van der Waals surface area (Å²) in [6.07, 6.45) is 0.198. The van der Waals surface area contributed by atoms with E-state index in [1.165, 1.54) is 32.0 Å². The van der Waals surface area contributed by atoms with Crippen LogP contribution >= 0.6 is 0 Å². The number of hydrogen-bond acceptors (Lipinski definition) is 9. The van der Waals surface area contributed by atoms with Crippen LogP contribution in [0.15, 0.2) is 33.4 Å². The summed E-state index contributed by atoms with van der Waals surface area (Å²) in [5, 5.41) is 4.49. The number of ether oxygens (including phenoxy) is 1. The lowest BCUT2D eigenvalue weighted by Crippen LogP contribution is -2.35. The van der Waals surface area contributed by atoms with Crippen molar-refractivity contribution >= 4 is 44.8 Å². The van der Waals surface area contributed by atoms with Crippen LogP contribution in [0.3, 0.4) is 0 Å². The number of rotatable bonds is 6. The molecule has 0 fully saturated rings. The predicted octanol–water partition coefficient (Wildman–Crippen LogP) is 4.65. The highest BCUT2D eigenvalue weighted by Gasteiger charge is 2.41. The van der Waals surface area contributed by atoms with Gasteiger partial charge in [0.2, 0.25) is 0 Å². The quantitative estimate of drug-likeness (QED) is 0.310. The van der Waals surface area contributed by atoms with Gasteiger partial charge in [0.05, 0.1) is 27.8 Å². The molecule has 1 aromatic heterocycles. The zero-order valence-corrected chi connectivity index (χ0v) is 23.8. The number of esters is 1. The first kappa shape index (κ1) is 28.9. The minimum Gasteiger partial charge on any atom is -0.430 e. The zero-order valence-electron chi connectivity index (χ0n) is 23.0. The third-order valence-corrected chi connectivity index (χ3v) is 7.21. The second-order valence-electron chi connectivity index (χ2n) is 11.0. The van der Waals surface area contributed by atoms with Crippen LogP contribution in [-0.4, -0.2) is 31.4 Å². The second-order valence-corrected chi connectivity index (χ2v) is 12.6. The van der Waals surface area contributed by atoms with E-state index in [9.17, 15) is 22.8 Å². The van der Waals surface area contributed by atoms with Gasteiger partial charge >= 0.3 is 11.9 Å². The molecule has 1 aromatic carbocycles. The SMILES string of the molecule is CC/C(OC(=O)C(C)(C)C)=C1/C(=O)N(OC(=O)C(C)(C)C)c2cc(NS(=O)(=O)c3c(C)noc3C)ccc21. The molecule has 0 aliphatic carbocycles. The molecule has 1 N–H and O–H groups in total. The number of hydroxylamine groups is 1. The van der Waals surface area contributed by atoms with Gasteiger partial charge in [-0.1, -0.05) is 12.1 Å². The van der Waals surface area contributed by atoms with Crippen molar-refractivity contribution in [1.82, 2.24) is 5.16 Å². The molecule has 0 radical (unpaired) electrons. The molecule has 11 nitrogen and oxygen atoms in total. The van der Waals surface area contributed by atoms with Crippen LogP contribution < -0.4 is 9.79 Å². The number of anilines is 2. The van der Waals surface area contributed by atoms with E-state index in [0.29, 0.717) is 5.56 Å². The van der Waals surface area contributed by atoms with E-state index in [1.807, 2.05) is 0 Å². The predicted molar refractivity (Wildman–Crippen MR) is 139 cm³/mol. The molecule has 0 saturated carbocycles. The first-order chi connectivity index (χ1) is 17.4. The number of benzene rings is 1. The second kappa shape index (κ2) is 9.90. The molecule has 206 valence electrons. The Morgan fingerprint density at radius 3 is 2.16 bits per heavy atom. The average Bonchev–Trinajstić information content (AvgIpc) is 3.26. The van der Waals surface area contributed by atoms with Crippen molar-refractivity contribution in [2.45, 2.75) is 73.6 Å². The van der Waals surface area contributed by atoms with Crippen molar-refractivity contribution < 1.29 is 36.9 Å². The molecule has 0 spiro atoms. The topological polar surface area (TPSA) is 145 Å². The maximum atomic E-state index is 13.6. The molecule has 2 heterocycles. The third-order valence-electron chi connectivity index (χ3n) is 5.59. The summed E-state index contributed by atoms with van der Waals surface area (Å²) in [5.41, 5.74) is -1.02. The number of amides is 1. The minimum atomic E-state index is -4.09. The Labute approximate surface area is 222 Å². The van der Waals surface area contributed by atoms with Gasteiger partial charge in [-0.2, -0.15) is 0 Å². The van der Waals surface area contributed by atoms with Gasteiger partial charge in [-0.15, -0.1) is 5.06 Å². The monoisotopic (exact) mass is 547 g/mol. The summed E-state index contributed by atoms with van der Waals surface area (Å²) >= 11 is 0. The van der Waals surface area contributed by atoms with Crippen LogP contribution in [0.2, 0.25) is 0 Å². The summed E-state index contributed by atoms with van der Waals surface area (Å²) in [4.78, 5) is 44.3. The minimum absolute atomic E-state index is 0.0435. The van der Waals surface area contributed by atoms with Gasteiger partial charge < -0.3 is 14.1 Å². The van der Waals surface area contributed by atoms with Crippen molar-refractivity contribution in [2.75, 3.05) is 9.79 Å². The highest BCUT2D eigenvalue weighted by atomic mass is 32.2. The molecule has 0 saturated heterocycles. The van der Waals surface area contributed by atoms with Crippen LogP contribution in [0, 0.1) is 24.7 Å². The summed E-state index contributed by atoms with van der Waals surface area (Å²) in [6.45, 7) is 14.7. The van der Waals surface area contributed by atoms with Gasteiger partial charge in [0.1, 0.15) is 11.5 Å². The smallest absolute Gasteiger partial charge is 0.338 e. The van der Waals surface area contributed by atoms with Gasteiger partial charge in [-0.25, -0.2) is 13.2 Å². The van der Waals surface area contributed by atoms with Gasteiger partial charge in [0.25, 0.3) is 15.9 Å². The van der Waals surface area contributed by atoms with Crippen LogP contribution in [0.5, 0.6) is 0 Å². The average molecular weight is 548 g/mol. The molecule has 0 bridgehead atoms. The Hall–Kier alpha value is -3.67. The van der Waals surface area contributed by atoms with E-state index < -0.39 is 38.7 Å². The molecular formula is C26H33N3O8S. The molecule has 3 rings (SSSR count). The van der Waals surface area contributed by atoms with E-state index in [-0.39, 0.29) is 45.5 Å². The van der Waals surface area contributed by atoms with Crippen molar-refractivity contribution in [1.29, 1.82) is 0 Å². The number of sulfonamides is 1. The van der Waals surface area contributed by atoms with E-state index in [2.05, 4.69) is 9.88 Å². The van der Waals surface area contributed by atoms with Gasteiger partial charge in [0, 0.05) is 12.0 Å². The molecule has 38 heavy (non-hydrogen) atoms. The lowest BCUT2D eigenvalue weighted by Gasteiger charge is -2.22. The normalized spacial score (nSPS) is 15.3. The number of aryl methyl sites for hydroxylation is 2. The lowest BCUT2D eigenvalue weighted by molar-refractivity contribution is -0.157. The van der Waals surface area contributed by atoms with Crippen LogP contribution in [0.1, 0.15) is 71.9 Å². The summed E-state index contributed by atoms with van der Waals surface area (Å²) in [5.74, 6) is -1.73. The number of fused-ring (bicyclic) bond motifs is 1. The third kappa shape index (κ3) is 5.59. The number of nitrogens with one attached hydrogen (secondary N) is 1. The lowest BCUT2D eigenvalue weighted by atomic mass is 9.97.